The Morgan fingerprint density at radius 1 is 1.17 bits per heavy atom. The lowest BCUT2D eigenvalue weighted by Gasteiger charge is -2.21. The third-order valence-electron chi connectivity index (χ3n) is 3.52. The molecule has 0 atom stereocenters. The molecule has 1 aliphatic rings. The fourth-order valence-corrected chi connectivity index (χ4v) is 3.28. The van der Waals surface area contributed by atoms with Gasteiger partial charge in [0.1, 0.15) is 12.1 Å². The van der Waals surface area contributed by atoms with Gasteiger partial charge >= 0.3 is 5.97 Å². The Bertz CT molecular complexity index is 890. The Labute approximate surface area is 178 Å². The topological polar surface area (TPSA) is 125 Å². The third kappa shape index (κ3) is 6.51. The van der Waals surface area contributed by atoms with Crippen LogP contribution in [0.1, 0.15) is 33.3 Å². The fourth-order valence-electron chi connectivity index (χ4n) is 2.44. The molecule has 1 heterocycles. The van der Waals surface area contributed by atoms with E-state index in [1.807, 2.05) is 0 Å². The Hall–Kier alpha value is -3.01. The first-order chi connectivity index (χ1) is 14.0. The van der Waals surface area contributed by atoms with Crippen LogP contribution in [0.3, 0.4) is 0 Å². The van der Waals surface area contributed by atoms with E-state index in [2.05, 4.69) is 0 Å². The van der Waals surface area contributed by atoms with E-state index >= 15 is 0 Å². The van der Waals surface area contributed by atoms with Crippen molar-refractivity contribution < 1.29 is 33.4 Å². The number of nitrogens with zero attached hydrogens (tertiary/aromatic N) is 1. The largest absolute Gasteiger partial charge is 0.490 e. The molecule has 10 heteroatoms. The average molecular weight is 436 g/mol. The fraction of sp³-hybridized carbons (Fsp3) is 0.400. The van der Waals surface area contributed by atoms with Crippen LogP contribution in [0.4, 0.5) is 4.79 Å². The van der Waals surface area contributed by atoms with Crippen molar-refractivity contribution in [3.8, 4) is 11.5 Å². The molecular formula is C20H24N2O7S. The highest BCUT2D eigenvalue weighted by atomic mass is 32.2. The number of hydrogen-bond donors (Lipinski definition) is 1. The molecule has 0 spiro atoms. The normalized spacial score (nSPS) is 15.5. The number of ether oxygens (including phenoxy) is 3. The first kappa shape index (κ1) is 23.3. The molecule has 0 radical (unpaired) electrons. The summed E-state index contributed by atoms with van der Waals surface area (Å²) >= 11 is 0.732. The molecule has 9 nitrogen and oxygen atoms in total. The molecule has 1 aromatic carbocycles. The molecule has 2 rings (SSSR count). The number of primary amides is 1. The van der Waals surface area contributed by atoms with E-state index < -0.39 is 35.2 Å². The molecule has 0 aromatic heterocycles. The molecule has 0 unspecified atom stereocenters. The Kier molecular flexibility index (Phi) is 7.49. The zero-order valence-corrected chi connectivity index (χ0v) is 18.0. The Morgan fingerprint density at radius 3 is 2.47 bits per heavy atom. The summed E-state index contributed by atoms with van der Waals surface area (Å²) in [5.74, 6) is -1.19. The molecule has 30 heavy (non-hydrogen) atoms. The van der Waals surface area contributed by atoms with Gasteiger partial charge in [0, 0.05) is 0 Å². The number of carbonyl (C=O) groups is 4. The molecule has 1 saturated heterocycles. The standard InChI is InChI=1S/C20H24N2O7S/c1-5-27-14-8-12(6-7-13(14)28-11-16(21)23)9-15-18(25)22(19(26)30-15)10-17(24)29-20(2,3)4/h6-9H,5,10-11H2,1-4H3,(H2,21,23). The van der Waals surface area contributed by atoms with E-state index in [0.717, 1.165) is 16.7 Å². The highest BCUT2D eigenvalue weighted by Gasteiger charge is 2.37. The molecular weight excluding hydrogens is 412 g/mol. The van der Waals surface area contributed by atoms with E-state index in [-0.39, 0.29) is 11.5 Å². The van der Waals surface area contributed by atoms with E-state index in [4.69, 9.17) is 19.9 Å². The predicted molar refractivity (Wildman–Crippen MR) is 111 cm³/mol. The zero-order chi connectivity index (χ0) is 22.5. The number of amides is 3. The summed E-state index contributed by atoms with van der Waals surface area (Å²) in [6.07, 6.45) is 1.51. The number of hydrogen-bond acceptors (Lipinski definition) is 8. The van der Waals surface area contributed by atoms with Gasteiger partial charge in [-0.25, -0.2) is 0 Å². The van der Waals surface area contributed by atoms with Gasteiger partial charge in [-0.05, 0) is 63.2 Å². The van der Waals surface area contributed by atoms with Crippen LogP contribution in [-0.4, -0.2) is 53.3 Å². The van der Waals surface area contributed by atoms with E-state index in [0.29, 0.717) is 23.7 Å². The minimum atomic E-state index is -0.720. The summed E-state index contributed by atoms with van der Waals surface area (Å²) in [7, 11) is 0. The molecule has 0 saturated carbocycles. The summed E-state index contributed by atoms with van der Waals surface area (Å²) in [5, 5.41) is -0.552. The SMILES string of the molecule is CCOc1cc(C=C2SC(=O)N(CC(=O)OC(C)(C)C)C2=O)ccc1OCC(N)=O. The number of rotatable bonds is 8. The van der Waals surface area contributed by atoms with Crippen molar-refractivity contribution in [2.75, 3.05) is 19.8 Å². The highest BCUT2D eigenvalue weighted by Crippen LogP contribution is 2.34. The molecule has 0 aliphatic carbocycles. The maximum absolute atomic E-state index is 12.6. The molecule has 1 aliphatic heterocycles. The maximum atomic E-state index is 12.6. The van der Waals surface area contributed by atoms with Crippen LogP contribution >= 0.6 is 11.8 Å². The van der Waals surface area contributed by atoms with Crippen LogP contribution in [0.2, 0.25) is 0 Å². The summed E-state index contributed by atoms with van der Waals surface area (Å²) in [5.41, 5.74) is 4.95. The minimum Gasteiger partial charge on any atom is -0.490 e. The molecule has 162 valence electrons. The van der Waals surface area contributed by atoms with Crippen LogP contribution in [0.15, 0.2) is 23.1 Å². The molecule has 3 amide bonds. The molecule has 0 bridgehead atoms. The lowest BCUT2D eigenvalue weighted by Crippen LogP contribution is -2.37. The zero-order valence-electron chi connectivity index (χ0n) is 17.2. The summed E-state index contributed by atoms with van der Waals surface area (Å²) in [4.78, 5) is 48.7. The quantitative estimate of drug-likeness (QED) is 0.486. The summed E-state index contributed by atoms with van der Waals surface area (Å²) < 4.78 is 16.0. The maximum Gasteiger partial charge on any atom is 0.326 e. The van der Waals surface area contributed by atoms with Crippen molar-refractivity contribution in [3.05, 3.63) is 28.7 Å². The highest BCUT2D eigenvalue weighted by molar-refractivity contribution is 8.18. The third-order valence-corrected chi connectivity index (χ3v) is 4.42. The number of benzene rings is 1. The predicted octanol–water partition coefficient (Wildman–Crippen LogP) is 2.33. The smallest absolute Gasteiger partial charge is 0.326 e. The van der Waals surface area contributed by atoms with Crippen LogP contribution in [0.5, 0.6) is 11.5 Å². The van der Waals surface area contributed by atoms with Gasteiger partial charge in [0.2, 0.25) is 0 Å². The van der Waals surface area contributed by atoms with E-state index in [9.17, 15) is 19.2 Å². The second-order valence-corrected chi connectivity index (χ2v) is 8.24. The number of esters is 1. The van der Waals surface area contributed by atoms with Crippen molar-refractivity contribution in [1.82, 2.24) is 4.90 Å². The van der Waals surface area contributed by atoms with Crippen LogP contribution in [0, 0.1) is 0 Å². The molecule has 1 aromatic rings. The number of carbonyl (C=O) groups excluding carboxylic acids is 4. The van der Waals surface area contributed by atoms with Crippen molar-refractivity contribution >= 4 is 40.9 Å². The van der Waals surface area contributed by atoms with E-state index in [1.54, 1.807) is 45.9 Å². The number of imide groups is 1. The van der Waals surface area contributed by atoms with Gasteiger partial charge in [-0.1, -0.05) is 6.07 Å². The molecule has 2 N–H and O–H groups in total. The van der Waals surface area contributed by atoms with Gasteiger partial charge in [0.25, 0.3) is 17.1 Å². The summed E-state index contributed by atoms with van der Waals surface area (Å²) in [6.45, 7) is 6.48. The Balaban J connectivity index is 2.18. The second-order valence-electron chi connectivity index (χ2n) is 7.25. The van der Waals surface area contributed by atoms with E-state index in [1.165, 1.54) is 6.08 Å². The second kappa shape index (κ2) is 9.66. The van der Waals surface area contributed by atoms with Gasteiger partial charge in [-0.3, -0.25) is 24.1 Å². The van der Waals surface area contributed by atoms with Gasteiger partial charge in [0.15, 0.2) is 18.1 Å². The lowest BCUT2D eigenvalue weighted by atomic mass is 10.2. The monoisotopic (exact) mass is 436 g/mol. The number of nitrogens with two attached hydrogens (primary N) is 1. The van der Waals surface area contributed by atoms with Crippen molar-refractivity contribution in [1.29, 1.82) is 0 Å². The number of thioether (sulfide) groups is 1. The van der Waals surface area contributed by atoms with Crippen molar-refractivity contribution in [2.24, 2.45) is 5.73 Å². The van der Waals surface area contributed by atoms with Crippen LogP contribution < -0.4 is 15.2 Å². The first-order valence-corrected chi connectivity index (χ1v) is 9.97. The van der Waals surface area contributed by atoms with Crippen molar-refractivity contribution in [2.45, 2.75) is 33.3 Å². The molecule has 1 fully saturated rings. The Morgan fingerprint density at radius 2 is 1.87 bits per heavy atom. The minimum absolute atomic E-state index is 0.164. The lowest BCUT2D eigenvalue weighted by molar-refractivity contribution is -0.156. The van der Waals surface area contributed by atoms with Crippen LogP contribution in [-0.2, 0) is 19.1 Å². The summed E-state index contributed by atoms with van der Waals surface area (Å²) in [6, 6.07) is 4.83. The van der Waals surface area contributed by atoms with Gasteiger partial charge < -0.3 is 19.9 Å². The van der Waals surface area contributed by atoms with Gasteiger partial charge in [-0.2, -0.15) is 0 Å². The first-order valence-electron chi connectivity index (χ1n) is 9.15. The van der Waals surface area contributed by atoms with Gasteiger partial charge in [-0.15, -0.1) is 0 Å². The van der Waals surface area contributed by atoms with Crippen LogP contribution in [0.25, 0.3) is 6.08 Å². The van der Waals surface area contributed by atoms with Crippen molar-refractivity contribution in [3.63, 3.8) is 0 Å². The van der Waals surface area contributed by atoms with Gasteiger partial charge in [0.05, 0.1) is 11.5 Å². The average Bonchev–Trinajstić information content (AvgIpc) is 2.87.